The second-order valence-corrected chi connectivity index (χ2v) is 6.73. The highest BCUT2D eigenvalue weighted by Gasteiger charge is 2.24. The molecular weight excluding hydrogens is 322 g/mol. The lowest BCUT2D eigenvalue weighted by molar-refractivity contribution is 0.0960. The van der Waals surface area contributed by atoms with Gasteiger partial charge in [0.05, 0.1) is 11.1 Å². The van der Waals surface area contributed by atoms with Gasteiger partial charge < -0.3 is 9.32 Å². The Morgan fingerprint density at radius 3 is 2.79 bits per heavy atom. The van der Waals surface area contributed by atoms with E-state index >= 15 is 0 Å². The predicted octanol–water partition coefficient (Wildman–Crippen LogP) is 3.94. The monoisotopic (exact) mass is 337 g/mol. The molecule has 0 spiro atoms. The molecule has 0 saturated carbocycles. The van der Waals surface area contributed by atoms with E-state index in [0.717, 1.165) is 22.8 Å². The molecule has 120 valence electrons. The maximum Gasteiger partial charge on any atom is 0.294 e. The lowest BCUT2D eigenvalue weighted by Crippen LogP contribution is -2.32. The van der Waals surface area contributed by atoms with E-state index in [0.29, 0.717) is 17.5 Å². The molecule has 1 aliphatic rings. The van der Waals surface area contributed by atoms with Gasteiger partial charge in [-0.15, -0.1) is 11.8 Å². The Labute approximate surface area is 143 Å². The molecule has 1 aliphatic heterocycles. The third-order valence-corrected chi connectivity index (χ3v) is 5.18. The van der Waals surface area contributed by atoms with Gasteiger partial charge >= 0.3 is 0 Å². The molecule has 0 unspecified atom stereocenters. The van der Waals surface area contributed by atoms with E-state index in [-0.39, 0.29) is 17.1 Å². The molecule has 1 amide bonds. The number of benzene rings is 2. The summed E-state index contributed by atoms with van der Waals surface area (Å²) in [6.07, 6.45) is 0.892. The normalized spacial score (nSPS) is 14.2. The molecular formula is C19H15NO3S. The second-order valence-electron chi connectivity index (χ2n) is 5.60. The van der Waals surface area contributed by atoms with E-state index in [1.807, 2.05) is 24.3 Å². The SMILES string of the molecule is O=C(c1cc(=O)c2ccccc2o1)N1CCCSc2ccccc21. The minimum atomic E-state index is -0.271. The van der Waals surface area contributed by atoms with Crippen LogP contribution < -0.4 is 10.3 Å². The minimum absolute atomic E-state index is 0.0837. The van der Waals surface area contributed by atoms with Crippen molar-refractivity contribution in [1.29, 1.82) is 0 Å². The zero-order valence-corrected chi connectivity index (χ0v) is 13.7. The van der Waals surface area contributed by atoms with Gasteiger partial charge in [0.15, 0.2) is 11.2 Å². The summed E-state index contributed by atoms with van der Waals surface area (Å²) < 4.78 is 5.72. The number of carbonyl (C=O) groups excluding carboxylic acids is 1. The van der Waals surface area contributed by atoms with Gasteiger partial charge in [-0.2, -0.15) is 0 Å². The largest absolute Gasteiger partial charge is 0.451 e. The third-order valence-electron chi connectivity index (χ3n) is 4.03. The van der Waals surface area contributed by atoms with Crippen LogP contribution in [0.15, 0.2) is 68.7 Å². The van der Waals surface area contributed by atoms with Gasteiger partial charge in [-0.25, -0.2) is 0 Å². The van der Waals surface area contributed by atoms with E-state index in [9.17, 15) is 9.59 Å². The van der Waals surface area contributed by atoms with Crippen LogP contribution in [-0.2, 0) is 0 Å². The number of hydrogen-bond donors (Lipinski definition) is 0. The Bertz CT molecular complexity index is 980. The summed E-state index contributed by atoms with van der Waals surface area (Å²) in [5.74, 6) is 0.774. The molecule has 0 N–H and O–H groups in total. The summed E-state index contributed by atoms with van der Waals surface area (Å²) >= 11 is 1.75. The van der Waals surface area contributed by atoms with Gasteiger partial charge in [0.1, 0.15) is 5.58 Å². The molecule has 0 radical (unpaired) electrons. The Hall–Kier alpha value is -2.53. The van der Waals surface area contributed by atoms with Gasteiger partial charge in [-0.05, 0) is 36.4 Å². The number of amides is 1. The smallest absolute Gasteiger partial charge is 0.294 e. The van der Waals surface area contributed by atoms with E-state index in [4.69, 9.17) is 4.42 Å². The van der Waals surface area contributed by atoms with E-state index in [1.165, 1.54) is 6.07 Å². The van der Waals surface area contributed by atoms with Gasteiger partial charge in [-0.3, -0.25) is 9.59 Å². The average molecular weight is 337 g/mol. The number of rotatable bonds is 1. The van der Waals surface area contributed by atoms with Crippen molar-refractivity contribution in [1.82, 2.24) is 0 Å². The minimum Gasteiger partial charge on any atom is -0.451 e. The van der Waals surface area contributed by atoms with Gasteiger partial charge in [0, 0.05) is 17.5 Å². The first-order valence-electron chi connectivity index (χ1n) is 7.80. The number of anilines is 1. The van der Waals surface area contributed by atoms with Crippen molar-refractivity contribution in [2.45, 2.75) is 11.3 Å². The van der Waals surface area contributed by atoms with Gasteiger partial charge in [-0.1, -0.05) is 24.3 Å². The van der Waals surface area contributed by atoms with Crippen molar-refractivity contribution >= 4 is 34.3 Å². The quantitative estimate of drug-likeness (QED) is 0.675. The van der Waals surface area contributed by atoms with E-state index in [2.05, 4.69) is 0 Å². The molecule has 0 aliphatic carbocycles. The van der Waals surface area contributed by atoms with Gasteiger partial charge in [0.2, 0.25) is 0 Å². The summed E-state index contributed by atoms with van der Waals surface area (Å²) in [7, 11) is 0. The summed E-state index contributed by atoms with van der Waals surface area (Å²) in [5.41, 5.74) is 1.12. The Morgan fingerprint density at radius 2 is 1.88 bits per heavy atom. The standard InChI is InChI=1S/C19H15NO3S/c21-15-12-17(23-16-8-3-1-6-13(15)16)19(22)20-10-5-11-24-18-9-4-2-7-14(18)20/h1-4,6-9,12H,5,10-11H2. The Balaban J connectivity index is 1.80. The zero-order valence-electron chi connectivity index (χ0n) is 12.9. The Kier molecular flexibility index (Phi) is 3.86. The van der Waals surface area contributed by atoms with Crippen LogP contribution in [0.25, 0.3) is 11.0 Å². The maximum absolute atomic E-state index is 13.0. The summed E-state index contributed by atoms with van der Waals surface area (Å²) in [4.78, 5) is 28.0. The van der Waals surface area contributed by atoms with Crippen LogP contribution >= 0.6 is 11.8 Å². The average Bonchev–Trinajstić information content (AvgIpc) is 2.83. The molecule has 0 bridgehead atoms. The highest BCUT2D eigenvalue weighted by molar-refractivity contribution is 7.99. The fourth-order valence-corrected chi connectivity index (χ4v) is 3.88. The van der Waals surface area contributed by atoms with Crippen LogP contribution in [0.4, 0.5) is 5.69 Å². The van der Waals surface area contributed by atoms with Crippen LogP contribution in [0.5, 0.6) is 0 Å². The van der Waals surface area contributed by atoms with E-state index in [1.54, 1.807) is 40.9 Å². The number of fused-ring (bicyclic) bond motifs is 2. The molecule has 0 atom stereocenters. The first-order valence-corrected chi connectivity index (χ1v) is 8.79. The maximum atomic E-state index is 13.0. The number of hydrogen-bond acceptors (Lipinski definition) is 4. The fourth-order valence-electron chi connectivity index (χ4n) is 2.88. The molecule has 2 aromatic carbocycles. The van der Waals surface area contributed by atoms with Crippen molar-refractivity contribution in [2.75, 3.05) is 17.2 Å². The lowest BCUT2D eigenvalue weighted by Gasteiger charge is -2.21. The highest BCUT2D eigenvalue weighted by Crippen LogP contribution is 2.34. The third kappa shape index (κ3) is 2.61. The van der Waals surface area contributed by atoms with Crippen molar-refractivity contribution in [3.05, 3.63) is 70.6 Å². The molecule has 1 aromatic heterocycles. The molecule has 24 heavy (non-hydrogen) atoms. The Morgan fingerprint density at radius 1 is 1.08 bits per heavy atom. The topological polar surface area (TPSA) is 50.5 Å². The predicted molar refractivity (Wildman–Crippen MR) is 95.9 cm³/mol. The van der Waals surface area contributed by atoms with Crippen LogP contribution in [0.2, 0.25) is 0 Å². The van der Waals surface area contributed by atoms with Gasteiger partial charge in [0.25, 0.3) is 5.91 Å². The summed E-state index contributed by atoms with van der Waals surface area (Å²) in [5, 5.41) is 0.487. The van der Waals surface area contributed by atoms with Crippen molar-refractivity contribution < 1.29 is 9.21 Å². The number of nitrogens with zero attached hydrogens (tertiary/aromatic N) is 1. The molecule has 4 rings (SSSR count). The van der Waals surface area contributed by atoms with Crippen molar-refractivity contribution in [2.24, 2.45) is 0 Å². The van der Waals surface area contributed by atoms with Crippen LogP contribution in [0.1, 0.15) is 17.0 Å². The molecule has 2 heterocycles. The van der Waals surface area contributed by atoms with E-state index < -0.39 is 0 Å². The second kappa shape index (κ2) is 6.17. The lowest BCUT2D eigenvalue weighted by atomic mass is 10.2. The zero-order chi connectivity index (χ0) is 16.5. The van der Waals surface area contributed by atoms with Crippen molar-refractivity contribution in [3.63, 3.8) is 0 Å². The number of thioether (sulfide) groups is 1. The summed E-state index contributed by atoms with van der Waals surface area (Å²) in [6, 6.07) is 16.1. The highest BCUT2D eigenvalue weighted by atomic mass is 32.2. The molecule has 0 fully saturated rings. The van der Waals surface area contributed by atoms with Crippen molar-refractivity contribution in [3.8, 4) is 0 Å². The first kappa shape index (κ1) is 15.0. The van der Waals surface area contributed by atoms with Crippen LogP contribution in [0, 0.1) is 0 Å². The molecule has 0 saturated heterocycles. The first-order chi connectivity index (χ1) is 11.7. The van der Waals surface area contributed by atoms with Crippen LogP contribution in [0.3, 0.4) is 0 Å². The van der Waals surface area contributed by atoms with Crippen LogP contribution in [-0.4, -0.2) is 18.2 Å². The molecule has 3 aromatic rings. The fraction of sp³-hybridized carbons (Fsp3) is 0.158. The number of para-hydroxylation sites is 2. The summed E-state index contributed by atoms with van der Waals surface area (Å²) in [6.45, 7) is 0.610. The molecule has 4 nitrogen and oxygen atoms in total. The number of carbonyl (C=O) groups is 1. The molecule has 5 heteroatoms.